The molecule has 0 saturated heterocycles. The summed E-state index contributed by atoms with van der Waals surface area (Å²) in [5, 5.41) is 2.76. The normalized spacial score (nSPS) is 12.1. The molecule has 0 unspecified atom stereocenters. The number of carbonyl (C=O) groups excluding carboxylic acids is 1. The fraction of sp³-hybridized carbons (Fsp3) is 0.533. The molecule has 0 saturated carbocycles. The molecule has 1 amide bonds. The van der Waals surface area contributed by atoms with Crippen molar-refractivity contribution in [3.05, 3.63) is 24.3 Å². The summed E-state index contributed by atoms with van der Waals surface area (Å²) in [4.78, 5) is 11.8. The van der Waals surface area contributed by atoms with E-state index in [1.54, 1.807) is 45.0 Å². The third kappa shape index (κ3) is 6.03. The average molecular weight is 327 g/mol. The number of nitrogen functional groups attached to an aromatic ring is 1. The first-order valence-electron chi connectivity index (χ1n) is 7.26. The fourth-order valence-electron chi connectivity index (χ4n) is 1.67. The Morgan fingerprint density at radius 2 is 1.91 bits per heavy atom. The van der Waals surface area contributed by atoms with Gasteiger partial charge in [0, 0.05) is 24.3 Å². The maximum Gasteiger partial charge on any atom is 0.224 e. The van der Waals surface area contributed by atoms with Crippen molar-refractivity contribution in [2.45, 2.75) is 44.8 Å². The lowest BCUT2D eigenvalue weighted by atomic mass is 10.2. The minimum absolute atomic E-state index is 0.107. The smallest absolute Gasteiger partial charge is 0.224 e. The van der Waals surface area contributed by atoms with E-state index in [1.807, 2.05) is 0 Å². The van der Waals surface area contributed by atoms with E-state index in [1.165, 1.54) is 0 Å². The zero-order valence-corrected chi connectivity index (χ0v) is 14.2. The highest BCUT2D eigenvalue weighted by Crippen LogP contribution is 2.14. The Labute approximate surface area is 132 Å². The van der Waals surface area contributed by atoms with Crippen LogP contribution in [0.5, 0.6) is 0 Å². The molecular formula is C15H25N3O3S. The van der Waals surface area contributed by atoms with Gasteiger partial charge < -0.3 is 11.1 Å². The topological polar surface area (TPSA) is 101 Å². The number of nitrogens with two attached hydrogens (primary N) is 1. The van der Waals surface area contributed by atoms with Gasteiger partial charge in [0.1, 0.15) is 0 Å². The van der Waals surface area contributed by atoms with Crippen molar-refractivity contribution in [3.8, 4) is 0 Å². The van der Waals surface area contributed by atoms with Gasteiger partial charge in [-0.1, -0.05) is 6.07 Å². The summed E-state index contributed by atoms with van der Waals surface area (Å²) in [7, 11) is -3.32. The monoisotopic (exact) mass is 327 g/mol. The number of nitrogens with one attached hydrogen (secondary N) is 2. The molecule has 0 aliphatic carbocycles. The van der Waals surface area contributed by atoms with E-state index in [0.717, 1.165) is 0 Å². The van der Waals surface area contributed by atoms with Gasteiger partial charge in [-0.05, 0) is 51.8 Å². The van der Waals surface area contributed by atoms with E-state index in [0.29, 0.717) is 37.2 Å². The molecule has 0 fully saturated rings. The van der Waals surface area contributed by atoms with Crippen molar-refractivity contribution in [3.63, 3.8) is 0 Å². The molecule has 0 spiro atoms. The van der Waals surface area contributed by atoms with Crippen molar-refractivity contribution in [2.24, 2.45) is 0 Å². The summed E-state index contributed by atoms with van der Waals surface area (Å²) >= 11 is 0. The van der Waals surface area contributed by atoms with Crippen LogP contribution in [-0.2, 0) is 14.8 Å². The second-order valence-electron chi connectivity index (χ2n) is 6.14. The second kappa shape index (κ2) is 7.60. The van der Waals surface area contributed by atoms with Crippen molar-refractivity contribution in [1.29, 1.82) is 0 Å². The van der Waals surface area contributed by atoms with Crippen LogP contribution in [0.3, 0.4) is 0 Å². The summed E-state index contributed by atoms with van der Waals surface area (Å²) in [6.07, 6.45) is 1.56. The lowest BCUT2D eigenvalue weighted by Gasteiger charge is -2.19. The molecule has 0 atom stereocenters. The van der Waals surface area contributed by atoms with Gasteiger partial charge in [0.2, 0.25) is 15.9 Å². The Kier molecular flexibility index (Phi) is 6.37. The van der Waals surface area contributed by atoms with Crippen molar-refractivity contribution >= 4 is 27.3 Å². The Hall–Kier alpha value is -1.60. The first-order chi connectivity index (χ1) is 10.1. The van der Waals surface area contributed by atoms with Gasteiger partial charge >= 0.3 is 0 Å². The molecule has 1 rings (SSSR count). The molecule has 6 nitrogen and oxygen atoms in total. The van der Waals surface area contributed by atoms with Crippen LogP contribution in [0.15, 0.2) is 24.3 Å². The maximum atomic E-state index is 11.8. The van der Waals surface area contributed by atoms with Crippen molar-refractivity contribution < 1.29 is 13.2 Å². The molecule has 0 aromatic heterocycles. The predicted molar refractivity (Wildman–Crippen MR) is 90.0 cm³/mol. The second-order valence-corrected chi connectivity index (χ2v) is 8.66. The number of sulfonamides is 1. The third-order valence-corrected chi connectivity index (χ3v) is 5.30. The van der Waals surface area contributed by atoms with Gasteiger partial charge in [0.15, 0.2) is 0 Å². The van der Waals surface area contributed by atoms with Gasteiger partial charge in [0.25, 0.3) is 0 Å². The molecule has 1 aromatic rings. The summed E-state index contributed by atoms with van der Waals surface area (Å²) in [6, 6.07) is 6.98. The van der Waals surface area contributed by atoms with Crippen LogP contribution in [-0.4, -0.2) is 25.6 Å². The summed E-state index contributed by atoms with van der Waals surface area (Å²) in [5.74, 6) is -0.107. The number of hydrogen-bond donors (Lipinski definition) is 3. The minimum atomic E-state index is -3.32. The van der Waals surface area contributed by atoms with Crippen LogP contribution < -0.4 is 15.8 Å². The highest BCUT2D eigenvalue weighted by Gasteiger charge is 2.27. The standard InChI is InChI=1S/C15H25N3O3S/c1-15(2,3)22(20,21)17-10-5-4-9-14(19)18-13-8-6-7-12(16)11-13/h6-8,11,17H,4-5,9-10,16H2,1-3H3,(H,18,19). The number of benzene rings is 1. The van der Waals surface area contributed by atoms with Gasteiger partial charge in [-0.3, -0.25) is 4.79 Å². The molecular weight excluding hydrogens is 302 g/mol. The van der Waals surface area contributed by atoms with E-state index < -0.39 is 14.8 Å². The van der Waals surface area contributed by atoms with E-state index in [2.05, 4.69) is 10.0 Å². The zero-order valence-electron chi connectivity index (χ0n) is 13.3. The Bertz CT molecular complexity index is 607. The molecule has 124 valence electrons. The van der Waals surface area contributed by atoms with Crippen LogP contribution in [0.4, 0.5) is 11.4 Å². The molecule has 0 radical (unpaired) electrons. The van der Waals surface area contributed by atoms with Crippen LogP contribution in [0.25, 0.3) is 0 Å². The molecule has 1 aromatic carbocycles. The van der Waals surface area contributed by atoms with Crippen molar-refractivity contribution in [1.82, 2.24) is 4.72 Å². The molecule has 0 bridgehead atoms. The van der Waals surface area contributed by atoms with Crippen LogP contribution in [0.1, 0.15) is 40.0 Å². The van der Waals surface area contributed by atoms with Crippen LogP contribution >= 0.6 is 0 Å². The first-order valence-corrected chi connectivity index (χ1v) is 8.75. The van der Waals surface area contributed by atoms with E-state index in [-0.39, 0.29) is 5.91 Å². The Morgan fingerprint density at radius 3 is 2.50 bits per heavy atom. The summed E-state index contributed by atoms with van der Waals surface area (Å²) < 4.78 is 25.4. The maximum absolute atomic E-state index is 11.8. The van der Waals surface area contributed by atoms with Gasteiger partial charge in [-0.25, -0.2) is 13.1 Å². The van der Waals surface area contributed by atoms with Gasteiger partial charge in [-0.2, -0.15) is 0 Å². The first kappa shape index (κ1) is 18.4. The molecule has 7 heteroatoms. The third-order valence-electron chi connectivity index (χ3n) is 3.10. The Morgan fingerprint density at radius 1 is 1.23 bits per heavy atom. The quantitative estimate of drug-likeness (QED) is 0.527. The van der Waals surface area contributed by atoms with Gasteiger partial charge in [0.05, 0.1) is 4.75 Å². The number of rotatable bonds is 7. The summed E-state index contributed by atoms with van der Waals surface area (Å²) in [6.45, 7) is 5.28. The largest absolute Gasteiger partial charge is 0.399 e. The molecule has 0 heterocycles. The molecule has 0 aliphatic rings. The highest BCUT2D eigenvalue weighted by atomic mass is 32.2. The minimum Gasteiger partial charge on any atom is -0.399 e. The van der Waals surface area contributed by atoms with E-state index in [4.69, 9.17) is 5.73 Å². The summed E-state index contributed by atoms with van der Waals surface area (Å²) in [5.41, 5.74) is 6.89. The number of carbonyl (C=O) groups is 1. The molecule has 0 aliphatic heterocycles. The van der Waals surface area contributed by atoms with E-state index >= 15 is 0 Å². The Balaban J connectivity index is 2.26. The highest BCUT2D eigenvalue weighted by molar-refractivity contribution is 7.90. The van der Waals surface area contributed by atoms with Gasteiger partial charge in [-0.15, -0.1) is 0 Å². The fourth-order valence-corrected chi connectivity index (χ4v) is 2.52. The predicted octanol–water partition coefficient (Wildman–Crippen LogP) is 2.10. The van der Waals surface area contributed by atoms with Crippen molar-refractivity contribution in [2.75, 3.05) is 17.6 Å². The number of hydrogen-bond acceptors (Lipinski definition) is 4. The number of anilines is 2. The molecule has 22 heavy (non-hydrogen) atoms. The zero-order chi connectivity index (χ0) is 16.8. The van der Waals surface area contributed by atoms with E-state index in [9.17, 15) is 13.2 Å². The molecule has 4 N–H and O–H groups in total. The number of amides is 1. The van der Waals surface area contributed by atoms with Crippen LogP contribution in [0.2, 0.25) is 0 Å². The lowest BCUT2D eigenvalue weighted by Crippen LogP contribution is -2.39. The average Bonchev–Trinajstić information content (AvgIpc) is 2.36. The van der Waals surface area contributed by atoms with Crippen LogP contribution in [0, 0.1) is 0 Å². The number of unbranched alkanes of at least 4 members (excludes halogenated alkanes) is 1. The SMILES string of the molecule is CC(C)(C)S(=O)(=O)NCCCCC(=O)Nc1cccc(N)c1. The lowest BCUT2D eigenvalue weighted by molar-refractivity contribution is -0.116.